The fourth-order valence-electron chi connectivity index (χ4n) is 2.32. The first-order valence-corrected chi connectivity index (χ1v) is 9.51. The Bertz CT molecular complexity index is 863. The maximum absolute atomic E-state index is 12.7. The van der Waals surface area contributed by atoms with Crippen LogP contribution in [-0.2, 0) is 19.6 Å². The van der Waals surface area contributed by atoms with E-state index < -0.39 is 27.4 Å². The number of methoxy groups -OCH3 is 1. The van der Waals surface area contributed by atoms with Gasteiger partial charge in [-0.3, -0.25) is 4.79 Å². The lowest BCUT2D eigenvalue weighted by molar-refractivity contribution is -0.151. The van der Waals surface area contributed by atoms with Gasteiger partial charge in [-0.25, -0.2) is 18.1 Å². The highest BCUT2D eigenvalue weighted by Gasteiger charge is 2.39. The van der Waals surface area contributed by atoms with Crippen LogP contribution in [0.1, 0.15) is 19.4 Å². The lowest BCUT2D eigenvalue weighted by Gasteiger charge is -2.30. The largest absolute Gasteiger partial charge is 0.469 e. The number of ether oxygens (including phenoxy) is 1. The number of carbonyl (C=O) groups excluding carboxylic acids is 1. The molecule has 1 N–H and O–H groups in total. The Morgan fingerprint density at radius 2 is 1.81 bits per heavy atom. The van der Waals surface area contributed by atoms with Crippen LogP contribution in [0.4, 0.5) is 0 Å². The minimum Gasteiger partial charge on any atom is -0.469 e. The molecule has 0 spiro atoms. The van der Waals surface area contributed by atoms with Crippen LogP contribution in [-0.4, -0.2) is 32.5 Å². The molecule has 1 atom stereocenters. The van der Waals surface area contributed by atoms with Gasteiger partial charge >= 0.3 is 5.97 Å². The first-order chi connectivity index (χ1) is 12.3. The zero-order valence-corrected chi connectivity index (χ0v) is 15.7. The molecule has 0 fully saturated rings. The monoisotopic (exact) mass is 374 g/mol. The number of sulfonamides is 1. The van der Waals surface area contributed by atoms with Gasteiger partial charge in [0.2, 0.25) is 0 Å². The van der Waals surface area contributed by atoms with Gasteiger partial charge in [0.05, 0.1) is 18.6 Å². The molecule has 26 heavy (non-hydrogen) atoms. The van der Waals surface area contributed by atoms with Crippen molar-refractivity contribution in [1.82, 2.24) is 9.71 Å². The molecule has 1 aromatic carbocycles. The van der Waals surface area contributed by atoms with Gasteiger partial charge in [0.25, 0.3) is 10.0 Å². The normalized spacial score (nSPS) is 13.5. The number of aromatic nitrogens is 1. The van der Waals surface area contributed by atoms with E-state index in [0.717, 1.165) is 5.56 Å². The molecule has 0 aliphatic carbocycles. The predicted octanol–water partition coefficient (Wildman–Crippen LogP) is 2.64. The topological polar surface area (TPSA) is 85.4 Å². The lowest BCUT2D eigenvalue weighted by atomic mass is 9.84. The molecule has 1 heterocycles. The Balaban J connectivity index is 2.37. The quantitative estimate of drug-likeness (QED) is 0.753. The summed E-state index contributed by atoms with van der Waals surface area (Å²) in [6.45, 7) is 3.25. The van der Waals surface area contributed by atoms with Crippen LogP contribution in [0.15, 0.2) is 65.8 Å². The zero-order chi connectivity index (χ0) is 19.2. The molecule has 0 amide bonds. The van der Waals surface area contributed by atoms with Gasteiger partial charge in [-0.15, -0.1) is 0 Å². The van der Waals surface area contributed by atoms with E-state index in [1.54, 1.807) is 38.1 Å². The minimum absolute atomic E-state index is 0.112. The number of pyridine rings is 1. The Morgan fingerprint density at radius 3 is 2.38 bits per heavy atom. The molecule has 0 aliphatic rings. The van der Waals surface area contributed by atoms with Crippen molar-refractivity contribution in [2.75, 3.05) is 7.11 Å². The third kappa shape index (κ3) is 4.77. The second kappa shape index (κ2) is 8.25. The lowest BCUT2D eigenvalue weighted by Crippen LogP contribution is -2.48. The standard InChI is InChI=1S/C19H22N2O4S/c1-19(2,18(22)25-3)16(13-12-15-9-5-4-6-10-15)21-26(23,24)17-11-7-8-14-20-17/h4-14,16,21H,1-3H3/b13-12+/t16-/m0/s1. The van der Waals surface area contributed by atoms with Gasteiger partial charge in [-0.1, -0.05) is 48.6 Å². The van der Waals surface area contributed by atoms with Gasteiger partial charge in [0, 0.05) is 6.20 Å². The molecular formula is C19H22N2O4S. The van der Waals surface area contributed by atoms with Crippen LogP contribution in [0, 0.1) is 5.41 Å². The molecule has 0 bridgehead atoms. The molecule has 0 saturated carbocycles. The molecule has 7 heteroatoms. The van der Waals surface area contributed by atoms with Gasteiger partial charge in [0.1, 0.15) is 0 Å². The van der Waals surface area contributed by atoms with Crippen LogP contribution >= 0.6 is 0 Å². The summed E-state index contributed by atoms with van der Waals surface area (Å²) >= 11 is 0. The number of esters is 1. The van der Waals surface area contributed by atoms with E-state index in [1.165, 1.54) is 19.4 Å². The van der Waals surface area contributed by atoms with Crippen molar-refractivity contribution in [3.8, 4) is 0 Å². The molecule has 0 radical (unpaired) electrons. The van der Waals surface area contributed by atoms with Gasteiger partial charge in [-0.05, 0) is 31.5 Å². The van der Waals surface area contributed by atoms with Crippen molar-refractivity contribution in [3.63, 3.8) is 0 Å². The van der Waals surface area contributed by atoms with Crippen molar-refractivity contribution in [3.05, 3.63) is 66.4 Å². The first kappa shape index (κ1) is 19.8. The van der Waals surface area contributed by atoms with Crippen LogP contribution in [0.5, 0.6) is 0 Å². The molecule has 6 nitrogen and oxygen atoms in total. The molecule has 0 unspecified atom stereocenters. The maximum atomic E-state index is 12.7. The second-order valence-corrected chi connectivity index (χ2v) is 7.91. The van der Waals surface area contributed by atoms with E-state index in [0.29, 0.717) is 0 Å². The van der Waals surface area contributed by atoms with E-state index >= 15 is 0 Å². The zero-order valence-electron chi connectivity index (χ0n) is 14.9. The predicted molar refractivity (Wildman–Crippen MR) is 99.6 cm³/mol. The molecule has 138 valence electrons. The Morgan fingerprint density at radius 1 is 1.15 bits per heavy atom. The minimum atomic E-state index is -3.91. The molecule has 2 rings (SSSR count). The van der Waals surface area contributed by atoms with E-state index in [9.17, 15) is 13.2 Å². The van der Waals surface area contributed by atoms with E-state index in [2.05, 4.69) is 9.71 Å². The van der Waals surface area contributed by atoms with Crippen molar-refractivity contribution >= 4 is 22.1 Å². The average Bonchev–Trinajstić information content (AvgIpc) is 2.65. The van der Waals surface area contributed by atoms with Crippen LogP contribution in [0.3, 0.4) is 0 Å². The average molecular weight is 374 g/mol. The number of hydrogen-bond acceptors (Lipinski definition) is 5. The number of benzene rings is 1. The molecular weight excluding hydrogens is 352 g/mol. The highest BCUT2D eigenvalue weighted by atomic mass is 32.2. The number of nitrogens with one attached hydrogen (secondary N) is 1. The van der Waals surface area contributed by atoms with Gasteiger partial charge in [-0.2, -0.15) is 0 Å². The Hall–Kier alpha value is -2.51. The van der Waals surface area contributed by atoms with Crippen molar-refractivity contribution in [2.24, 2.45) is 5.41 Å². The van der Waals surface area contributed by atoms with E-state index in [-0.39, 0.29) is 5.03 Å². The van der Waals surface area contributed by atoms with Crippen molar-refractivity contribution in [2.45, 2.75) is 24.9 Å². The summed E-state index contributed by atoms with van der Waals surface area (Å²) in [5, 5.41) is -0.112. The molecule has 0 aliphatic heterocycles. The Kier molecular flexibility index (Phi) is 6.28. The highest BCUT2D eigenvalue weighted by molar-refractivity contribution is 7.89. The number of rotatable bonds is 7. The number of hydrogen-bond donors (Lipinski definition) is 1. The molecule has 0 saturated heterocycles. The molecule has 1 aromatic heterocycles. The molecule has 2 aromatic rings. The van der Waals surface area contributed by atoms with Crippen LogP contribution in [0.2, 0.25) is 0 Å². The van der Waals surface area contributed by atoms with E-state index in [4.69, 9.17) is 4.74 Å². The summed E-state index contributed by atoms with van der Waals surface area (Å²) in [4.78, 5) is 16.1. The second-order valence-electron chi connectivity index (χ2n) is 6.25. The van der Waals surface area contributed by atoms with Gasteiger partial charge < -0.3 is 4.74 Å². The first-order valence-electron chi connectivity index (χ1n) is 8.02. The third-order valence-corrected chi connectivity index (χ3v) is 5.32. The summed E-state index contributed by atoms with van der Waals surface area (Å²) in [5.74, 6) is -0.524. The fourth-order valence-corrected chi connectivity index (χ4v) is 3.61. The van der Waals surface area contributed by atoms with E-state index in [1.807, 2.05) is 30.3 Å². The van der Waals surface area contributed by atoms with Crippen molar-refractivity contribution in [1.29, 1.82) is 0 Å². The smallest absolute Gasteiger partial charge is 0.313 e. The summed E-state index contributed by atoms with van der Waals surface area (Å²) < 4.78 is 32.7. The highest BCUT2D eigenvalue weighted by Crippen LogP contribution is 2.26. The third-order valence-electron chi connectivity index (χ3n) is 3.96. The van der Waals surface area contributed by atoms with Crippen molar-refractivity contribution < 1.29 is 17.9 Å². The van der Waals surface area contributed by atoms with Crippen LogP contribution < -0.4 is 4.72 Å². The summed E-state index contributed by atoms with van der Waals surface area (Å²) in [6.07, 6.45) is 4.80. The summed E-state index contributed by atoms with van der Waals surface area (Å²) in [6, 6.07) is 13.2. The Labute approximate surface area is 154 Å². The maximum Gasteiger partial charge on any atom is 0.313 e. The van der Waals surface area contributed by atoms with Gasteiger partial charge in [0.15, 0.2) is 5.03 Å². The summed E-state index contributed by atoms with van der Waals surface area (Å²) in [5.41, 5.74) is -0.239. The fraction of sp³-hybridized carbons (Fsp3) is 0.263. The SMILES string of the molecule is COC(=O)C(C)(C)[C@H](/C=C/c1ccccc1)NS(=O)(=O)c1ccccn1. The summed E-state index contributed by atoms with van der Waals surface area (Å²) in [7, 11) is -2.64. The number of carbonyl (C=O) groups is 1. The van der Waals surface area contributed by atoms with Crippen LogP contribution in [0.25, 0.3) is 6.08 Å². The number of nitrogens with zero attached hydrogens (tertiary/aromatic N) is 1.